The molecule has 128 valence electrons. The molecule has 1 aromatic heterocycles. The van der Waals surface area contributed by atoms with E-state index in [1.807, 2.05) is 38.1 Å². The molecular formula is C17H21BrN4O2. The lowest BCUT2D eigenvalue weighted by Crippen LogP contribution is -2.56. The van der Waals surface area contributed by atoms with E-state index >= 15 is 0 Å². The summed E-state index contributed by atoms with van der Waals surface area (Å²) in [7, 11) is 0. The molecule has 2 amide bonds. The number of rotatable bonds is 6. The molecule has 1 aromatic carbocycles. The predicted molar refractivity (Wildman–Crippen MR) is 96.2 cm³/mol. The Balaban J connectivity index is 2.18. The van der Waals surface area contributed by atoms with Gasteiger partial charge in [-0.3, -0.25) is 14.7 Å². The fourth-order valence-electron chi connectivity index (χ4n) is 2.55. The summed E-state index contributed by atoms with van der Waals surface area (Å²) in [5, 5.41) is 9.59. The third kappa shape index (κ3) is 4.23. The van der Waals surface area contributed by atoms with Crippen LogP contribution < -0.4 is 11.1 Å². The number of aromatic amines is 1. The van der Waals surface area contributed by atoms with E-state index in [1.165, 1.54) is 0 Å². The van der Waals surface area contributed by atoms with Crippen LogP contribution in [0.1, 0.15) is 37.7 Å². The van der Waals surface area contributed by atoms with E-state index in [1.54, 1.807) is 13.0 Å². The van der Waals surface area contributed by atoms with Gasteiger partial charge in [-0.05, 0) is 37.5 Å². The summed E-state index contributed by atoms with van der Waals surface area (Å²) in [4.78, 5) is 24.2. The summed E-state index contributed by atoms with van der Waals surface area (Å²) in [6.07, 6.45) is 0.460. The second-order valence-electron chi connectivity index (χ2n) is 6.42. The van der Waals surface area contributed by atoms with Crippen LogP contribution in [0.4, 0.5) is 0 Å². The molecular weight excluding hydrogens is 372 g/mol. The Morgan fingerprint density at radius 3 is 2.50 bits per heavy atom. The molecule has 0 bridgehead atoms. The van der Waals surface area contributed by atoms with Gasteiger partial charge in [0.25, 0.3) is 5.91 Å². The van der Waals surface area contributed by atoms with Crippen LogP contribution in [0, 0.1) is 5.92 Å². The number of primary amides is 1. The molecule has 4 N–H and O–H groups in total. The van der Waals surface area contributed by atoms with Gasteiger partial charge in [0.05, 0.1) is 5.69 Å². The molecule has 0 aliphatic rings. The molecule has 0 saturated carbocycles. The Labute approximate surface area is 149 Å². The highest BCUT2D eigenvalue weighted by molar-refractivity contribution is 9.10. The standard InChI is InChI=1S/C17H21BrN4O2/c1-10(2)9-17(3,16(19)24)20-15(23)14-8-13(21-22-14)11-4-6-12(18)7-5-11/h4-8,10H,9H2,1-3H3,(H2,19,24)(H,20,23)(H,21,22). The van der Waals surface area contributed by atoms with Gasteiger partial charge in [-0.25, -0.2) is 0 Å². The second-order valence-corrected chi connectivity index (χ2v) is 7.34. The van der Waals surface area contributed by atoms with Crippen LogP contribution in [0.2, 0.25) is 0 Å². The van der Waals surface area contributed by atoms with E-state index in [2.05, 4.69) is 31.4 Å². The predicted octanol–water partition coefficient (Wildman–Crippen LogP) is 2.86. The summed E-state index contributed by atoms with van der Waals surface area (Å²) in [5.41, 5.74) is 6.18. The molecule has 24 heavy (non-hydrogen) atoms. The van der Waals surface area contributed by atoms with Crippen molar-refractivity contribution >= 4 is 27.7 Å². The number of H-pyrrole nitrogens is 1. The molecule has 6 nitrogen and oxygen atoms in total. The zero-order chi connectivity index (χ0) is 17.9. The van der Waals surface area contributed by atoms with Gasteiger partial charge in [-0.15, -0.1) is 0 Å². The van der Waals surface area contributed by atoms with Gasteiger partial charge >= 0.3 is 0 Å². The average Bonchev–Trinajstić information content (AvgIpc) is 2.96. The van der Waals surface area contributed by atoms with Gasteiger partial charge in [0.2, 0.25) is 5.91 Å². The van der Waals surface area contributed by atoms with Gasteiger partial charge < -0.3 is 11.1 Å². The maximum absolute atomic E-state index is 12.4. The number of nitrogens with zero attached hydrogens (tertiary/aromatic N) is 1. The zero-order valence-electron chi connectivity index (χ0n) is 13.9. The van der Waals surface area contributed by atoms with Gasteiger partial charge in [0.1, 0.15) is 11.2 Å². The lowest BCUT2D eigenvalue weighted by molar-refractivity contribution is -0.124. The maximum Gasteiger partial charge on any atom is 0.270 e. The number of hydrogen-bond donors (Lipinski definition) is 3. The van der Waals surface area contributed by atoms with Crippen LogP contribution in [0.15, 0.2) is 34.8 Å². The fourth-order valence-corrected chi connectivity index (χ4v) is 2.82. The average molecular weight is 393 g/mol. The topological polar surface area (TPSA) is 101 Å². The van der Waals surface area contributed by atoms with Crippen LogP contribution in [0.25, 0.3) is 11.3 Å². The number of nitrogens with two attached hydrogens (primary N) is 1. The third-order valence-corrected chi connectivity index (χ3v) is 4.24. The molecule has 2 aromatic rings. The van der Waals surface area contributed by atoms with Gasteiger partial charge in [0.15, 0.2) is 0 Å². The van der Waals surface area contributed by atoms with Gasteiger partial charge in [-0.2, -0.15) is 5.10 Å². The molecule has 1 heterocycles. The van der Waals surface area contributed by atoms with Crippen LogP contribution in [-0.2, 0) is 4.79 Å². The van der Waals surface area contributed by atoms with Crippen molar-refractivity contribution in [2.45, 2.75) is 32.7 Å². The summed E-state index contributed by atoms with van der Waals surface area (Å²) in [5.74, 6) is -0.757. The Hall–Kier alpha value is -2.15. The molecule has 1 unspecified atom stereocenters. The monoisotopic (exact) mass is 392 g/mol. The van der Waals surface area contributed by atoms with E-state index < -0.39 is 17.4 Å². The highest BCUT2D eigenvalue weighted by atomic mass is 79.9. The van der Waals surface area contributed by atoms with E-state index in [4.69, 9.17) is 5.73 Å². The summed E-state index contributed by atoms with van der Waals surface area (Å²) in [6, 6.07) is 9.24. The van der Waals surface area contributed by atoms with Crippen molar-refractivity contribution in [3.05, 3.63) is 40.5 Å². The molecule has 1 atom stereocenters. The van der Waals surface area contributed by atoms with E-state index in [9.17, 15) is 9.59 Å². The molecule has 0 spiro atoms. The Kier molecular flexibility index (Phi) is 5.43. The van der Waals surface area contributed by atoms with Crippen LogP contribution in [0.3, 0.4) is 0 Å². The largest absolute Gasteiger partial charge is 0.368 e. The highest BCUT2D eigenvalue weighted by Crippen LogP contribution is 2.21. The minimum atomic E-state index is -1.10. The lowest BCUT2D eigenvalue weighted by atomic mass is 9.90. The first-order valence-corrected chi connectivity index (χ1v) is 8.44. The molecule has 0 saturated heterocycles. The van der Waals surface area contributed by atoms with Gasteiger partial charge in [-0.1, -0.05) is 41.9 Å². The first kappa shape index (κ1) is 18.2. The molecule has 0 aliphatic heterocycles. The smallest absolute Gasteiger partial charge is 0.270 e. The van der Waals surface area contributed by atoms with Crippen LogP contribution in [0.5, 0.6) is 0 Å². The molecule has 0 radical (unpaired) electrons. The van der Waals surface area contributed by atoms with Crippen molar-refractivity contribution in [2.75, 3.05) is 0 Å². The SMILES string of the molecule is CC(C)CC(C)(NC(=O)c1cc(-c2ccc(Br)cc2)n[nH]1)C(N)=O. The van der Waals surface area contributed by atoms with Crippen molar-refractivity contribution < 1.29 is 9.59 Å². The third-order valence-electron chi connectivity index (χ3n) is 3.71. The van der Waals surface area contributed by atoms with Crippen LogP contribution >= 0.6 is 15.9 Å². The second kappa shape index (κ2) is 7.17. The maximum atomic E-state index is 12.4. The molecule has 7 heteroatoms. The number of benzene rings is 1. The number of carbonyl (C=O) groups is 2. The zero-order valence-corrected chi connectivity index (χ0v) is 15.5. The highest BCUT2D eigenvalue weighted by Gasteiger charge is 2.34. The minimum Gasteiger partial charge on any atom is -0.368 e. The first-order valence-electron chi connectivity index (χ1n) is 7.65. The number of halogens is 1. The van der Waals surface area contributed by atoms with E-state index in [-0.39, 0.29) is 11.6 Å². The van der Waals surface area contributed by atoms with Crippen LogP contribution in [-0.4, -0.2) is 27.6 Å². The normalized spacial score (nSPS) is 13.5. The number of carbonyl (C=O) groups excluding carboxylic acids is 2. The van der Waals surface area contributed by atoms with E-state index in [0.29, 0.717) is 12.1 Å². The Morgan fingerprint density at radius 2 is 1.96 bits per heavy atom. The fraction of sp³-hybridized carbons (Fsp3) is 0.353. The number of hydrogen-bond acceptors (Lipinski definition) is 3. The number of aromatic nitrogens is 2. The lowest BCUT2D eigenvalue weighted by Gasteiger charge is -2.28. The van der Waals surface area contributed by atoms with Crippen molar-refractivity contribution in [1.29, 1.82) is 0 Å². The van der Waals surface area contributed by atoms with E-state index in [0.717, 1.165) is 10.0 Å². The summed E-state index contributed by atoms with van der Waals surface area (Å²) >= 11 is 3.38. The number of nitrogens with one attached hydrogen (secondary N) is 2. The van der Waals surface area contributed by atoms with Crippen molar-refractivity contribution in [3.63, 3.8) is 0 Å². The molecule has 0 fully saturated rings. The molecule has 0 aliphatic carbocycles. The quantitative estimate of drug-likeness (QED) is 0.704. The molecule has 2 rings (SSSR count). The van der Waals surface area contributed by atoms with Crippen molar-refractivity contribution in [1.82, 2.24) is 15.5 Å². The minimum absolute atomic E-state index is 0.211. The van der Waals surface area contributed by atoms with Crippen molar-refractivity contribution in [2.24, 2.45) is 11.7 Å². The van der Waals surface area contributed by atoms with Gasteiger partial charge in [0, 0.05) is 10.0 Å². The van der Waals surface area contributed by atoms with Crippen molar-refractivity contribution in [3.8, 4) is 11.3 Å². The summed E-state index contributed by atoms with van der Waals surface area (Å²) in [6.45, 7) is 5.57. The first-order chi connectivity index (χ1) is 11.2. The summed E-state index contributed by atoms with van der Waals surface area (Å²) < 4.78 is 0.964. The Morgan fingerprint density at radius 1 is 1.33 bits per heavy atom. The number of amides is 2. The Bertz CT molecular complexity index is 739.